The summed E-state index contributed by atoms with van der Waals surface area (Å²) in [5.41, 5.74) is 4.35. The van der Waals surface area contributed by atoms with E-state index in [0.29, 0.717) is 0 Å². The zero-order valence-electron chi connectivity index (χ0n) is 10.3. The third-order valence-electron chi connectivity index (χ3n) is 2.11. The van der Waals surface area contributed by atoms with Gasteiger partial charge in [-0.2, -0.15) is 5.10 Å². The zero-order chi connectivity index (χ0) is 13.4. The zero-order valence-corrected chi connectivity index (χ0v) is 10.3. The molecule has 0 spiro atoms. The van der Waals surface area contributed by atoms with Crippen molar-refractivity contribution in [3.63, 3.8) is 0 Å². The Morgan fingerprint density at radius 1 is 1.50 bits per heavy atom. The number of aryl methyl sites for hydroxylation is 1. The van der Waals surface area contributed by atoms with Crippen LogP contribution in [0.25, 0.3) is 0 Å². The first kappa shape index (κ1) is 13.7. The van der Waals surface area contributed by atoms with Crippen molar-refractivity contribution in [2.75, 3.05) is 12.0 Å². The van der Waals surface area contributed by atoms with Crippen molar-refractivity contribution in [1.29, 1.82) is 0 Å². The summed E-state index contributed by atoms with van der Waals surface area (Å²) in [7, 11) is 0. The highest BCUT2D eigenvalue weighted by Crippen LogP contribution is 2.12. The van der Waals surface area contributed by atoms with E-state index in [1.165, 1.54) is 0 Å². The Labute approximate surface area is 105 Å². The van der Waals surface area contributed by atoms with Crippen molar-refractivity contribution < 1.29 is 14.7 Å². The summed E-state index contributed by atoms with van der Waals surface area (Å²) >= 11 is 0. The second kappa shape index (κ2) is 7.05. The third-order valence-corrected chi connectivity index (χ3v) is 2.11. The maximum Gasteiger partial charge on any atom is 0.360 e. The summed E-state index contributed by atoms with van der Waals surface area (Å²) in [6.45, 7) is 3.81. The lowest BCUT2D eigenvalue weighted by Gasteiger charge is -2.05. The van der Waals surface area contributed by atoms with Crippen LogP contribution in [0.15, 0.2) is 34.5 Å². The highest BCUT2D eigenvalue weighted by atomic mass is 16.5. The van der Waals surface area contributed by atoms with E-state index >= 15 is 0 Å². The molecule has 0 aliphatic rings. The summed E-state index contributed by atoms with van der Waals surface area (Å²) in [4.78, 5) is 11.4. The van der Waals surface area contributed by atoms with E-state index < -0.39 is 5.97 Å². The predicted molar refractivity (Wildman–Crippen MR) is 69.1 cm³/mol. The Balaban J connectivity index is 2.84. The van der Waals surface area contributed by atoms with Crippen LogP contribution in [0.5, 0.6) is 0 Å². The molecular weight excluding hydrogens is 234 g/mol. The minimum absolute atomic E-state index is 0.109. The van der Waals surface area contributed by atoms with Crippen molar-refractivity contribution in [2.45, 2.75) is 13.8 Å². The molecule has 0 heterocycles. The molecule has 6 heteroatoms. The number of nitrogens with one attached hydrogen (secondary N) is 1. The first-order valence-corrected chi connectivity index (χ1v) is 5.43. The van der Waals surface area contributed by atoms with Gasteiger partial charge in [-0.05, 0) is 25.5 Å². The molecule has 1 aromatic rings. The van der Waals surface area contributed by atoms with E-state index in [9.17, 15) is 4.79 Å². The first-order valence-electron chi connectivity index (χ1n) is 5.43. The average molecular weight is 249 g/mol. The number of hydrazone groups is 1. The maximum atomic E-state index is 11.4. The number of oxime groups is 1. The van der Waals surface area contributed by atoms with Crippen molar-refractivity contribution in [3.05, 3.63) is 29.8 Å². The molecular formula is C12H15N3O3. The molecule has 0 radical (unpaired) electrons. The van der Waals surface area contributed by atoms with Gasteiger partial charge in [-0.1, -0.05) is 23.4 Å². The Morgan fingerprint density at radius 2 is 2.22 bits per heavy atom. The highest BCUT2D eigenvalue weighted by molar-refractivity contribution is 6.59. The fourth-order valence-corrected chi connectivity index (χ4v) is 1.21. The Kier molecular flexibility index (Phi) is 5.37. The van der Waals surface area contributed by atoms with Crippen LogP contribution in [-0.4, -0.2) is 29.7 Å². The fraction of sp³-hybridized carbons (Fsp3) is 0.250. The number of hydrogen-bond donors (Lipinski definition) is 2. The number of carbonyl (C=O) groups excluding carboxylic acids is 1. The summed E-state index contributed by atoms with van der Waals surface area (Å²) in [6.07, 6.45) is 0.920. The molecule has 1 aromatic carbocycles. The minimum atomic E-state index is -0.656. The van der Waals surface area contributed by atoms with Crippen LogP contribution in [-0.2, 0) is 9.53 Å². The van der Waals surface area contributed by atoms with Crippen LogP contribution in [0, 0.1) is 6.92 Å². The number of nitrogens with zero attached hydrogens (tertiary/aromatic N) is 2. The molecule has 0 bridgehead atoms. The lowest BCUT2D eigenvalue weighted by Crippen LogP contribution is -2.20. The van der Waals surface area contributed by atoms with Crippen LogP contribution >= 0.6 is 0 Å². The van der Waals surface area contributed by atoms with Gasteiger partial charge in [0, 0.05) is 0 Å². The smallest absolute Gasteiger partial charge is 0.360 e. The number of para-hydroxylation sites is 1. The Bertz CT molecular complexity index is 469. The number of esters is 1. The van der Waals surface area contributed by atoms with Crippen LogP contribution in [0.2, 0.25) is 0 Å². The normalized spacial score (nSPS) is 11.6. The van der Waals surface area contributed by atoms with Gasteiger partial charge in [-0.25, -0.2) is 4.79 Å². The van der Waals surface area contributed by atoms with Crippen molar-refractivity contribution in [3.8, 4) is 0 Å². The Hall–Kier alpha value is -2.37. The molecule has 0 aromatic heterocycles. The molecule has 96 valence electrons. The van der Waals surface area contributed by atoms with E-state index in [-0.39, 0.29) is 12.3 Å². The highest BCUT2D eigenvalue weighted by Gasteiger charge is 2.10. The first-order chi connectivity index (χ1) is 8.69. The summed E-state index contributed by atoms with van der Waals surface area (Å²) in [5.74, 6) is -0.656. The molecule has 0 unspecified atom stereocenters. The molecule has 0 aliphatic carbocycles. The van der Waals surface area contributed by atoms with Gasteiger partial charge in [0.05, 0.1) is 12.3 Å². The summed E-state index contributed by atoms with van der Waals surface area (Å²) in [6, 6.07) is 7.46. The van der Waals surface area contributed by atoms with Crippen molar-refractivity contribution in [2.24, 2.45) is 10.3 Å². The SMILES string of the molecule is CCOC(=O)C(/C=N/O)=N/Nc1ccccc1C. The van der Waals surface area contributed by atoms with E-state index in [1.54, 1.807) is 6.92 Å². The average Bonchev–Trinajstić information content (AvgIpc) is 2.36. The molecule has 0 fully saturated rings. The van der Waals surface area contributed by atoms with Gasteiger partial charge in [-0.15, -0.1) is 0 Å². The molecule has 1 rings (SSSR count). The van der Waals surface area contributed by atoms with Gasteiger partial charge >= 0.3 is 5.97 Å². The van der Waals surface area contributed by atoms with E-state index in [0.717, 1.165) is 17.5 Å². The second-order valence-corrected chi connectivity index (χ2v) is 3.39. The van der Waals surface area contributed by atoms with Crippen LogP contribution < -0.4 is 5.43 Å². The molecule has 0 saturated carbocycles. The molecule has 0 amide bonds. The number of carbonyl (C=O) groups is 1. The molecule has 6 nitrogen and oxygen atoms in total. The topological polar surface area (TPSA) is 83.3 Å². The monoisotopic (exact) mass is 249 g/mol. The van der Waals surface area contributed by atoms with E-state index in [4.69, 9.17) is 9.94 Å². The summed E-state index contributed by atoms with van der Waals surface area (Å²) in [5, 5.41) is 15.1. The molecule has 0 aliphatic heterocycles. The number of ether oxygens (including phenoxy) is 1. The minimum Gasteiger partial charge on any atom is -0.461 e. The fourth-order valence-electron chi connectivity index (χ4n) is 1.21. The molecule has 18 heavy (non-hydrogen) atoms. The molecule has 0 saturated heterocycles. The molecule has 0 atom stereocenters. The maximum absolute atomic E-state index is 11.4. The standard InChI is InChI=1S/C12H15N3O3/c1-3-18-12(16)11(8-13-17)15-14-10-7-5-4-6-9(10)2/h4-8,14,17H,3H2,1-2H3/b13-8+,15-11+. The van der Waals surface area contributed by atoms with Gasteiger partial charge in [0.2, 0.25) is 0 Å². The van der Waals surface area contributed by atoms with Crippen LogP contribution in [0.3, 0.4) is 0 Å². The lowest BCUT2D eigenvalue weighted by atomic mass is 10.2. The van der Waals surface area contributed by atoms with E-state index in [2.05, 4.69) is 15.7 Å². The van der Waals surface area contributed by atoms with Gasteiger partial charge in [0.1, 0.15) is 6.21 Å². The van der Waals surface area contributed by atoms with Crippen LogP contribution in [0.4, 0.5) is 5.69 Å². The lowest BCUT2D eigenvalue weighted by molar-refractivity contribution is -0.134. The van der Waals surface area contributed by atoms with Gasteiger partial charge < -0.3 is 9.94 Å². The molecule has 2 N–H and O–H groups in total. The van der Waals surface area contributed by atoms with Gasteiger partial charge in [0.25, 0.3) is 0 Å². The largest absolute Gasteiger partial charge is 0.461 e. The third kappa shape index (κ3) is 3.89. The van der Waals surface area contributed by atoms with Gasteiger partial charge in [0.15, 0.2) is 5.71 Å². The number of benzene rings is 1. The number of rotatable bonds is 5. The number of hydrogen-bond acceptors (Lipinski definition) is 6. The van der Waals surface area contributed by atoms with E-state index in [1.807, 2.05) is 31.2 Å². The second-order valence-electron chi connectivity index (χ2n) is 3.39. The van der Waals surface area contributed by atoms with Crippen molar-refractivity contribution in [1.82, 2.24) is 0 Å². The predicted octanol–water partition coefficient (Wildman–Crippen LogP) is 1.79. The number of anilines is 1. The van der Waals surface area contributed by atoms with Gasteiger partial charge in [-0.3, -0.25) is 5.43 Å². The summed E-state index contributed by atoms with van der Waals surface area (Å²) < 4.78 is 4.76. The quantitative estimate of drug-likeness (QED) is 0.360. The van der Waals surface area contributed by atoms with Crippen molar-refractivity contribution >= 4 is 23.6 Å². The Morgan fingerprint density at radius 3 is 2.83 bits per heavy atom. The van der Waals surface area contributed by atoms with Crippen LogP contribution in [0.1, 0.15) is 12.5 Å².